The van der Waals surface area contributed by atoms with Gasteiger partial charge in [-0.2, -0.15) is 0 Å². The molecule has 108 valence electrons. The molecule has 0 amide bonds. The van der Waals surface area contributed by atoms with Crippen molar-refractivity contribution in [1.82, 2.24) is 0 Å². The first kappa shape index (κ1) is 16.4. The maximum atomic E-state index is 9.83. The lowest BCUT2D eigenvalue weighted by Gasteiger charge is -2.25. The Morgan fingerprint density at radius 3 is 1.32 bits per heavy atom. The molecular weight excluding hydrogens is 256 g/mol. The second kappa shape index (κ2) is 5.75. The van der Waals surface area contributed by atoms with E-state index in [0.717, 1.165) is 11.1 Å². The fraction of sp³-hybridized carbons (Fsp3) is 0.600. The van der Waals surface area contributed by atoms with E-state index >= 15 is 0 Å². The van der Waals surface area contributed by atoms with Crippen molar-refractivity contribution in [3.8, 4) is 0 Å². The van der Waals surface area contributed by atoms with Gasteiger partial charge in [0.05, 0.1) is 0 Å². The highest BCUT2D eigenvalue weighted by Crippen LogP contribution is 2.26. The van der Waals surface area contributed by atoms with Gasteiger partial charge in [-0.1, -0.05) is 53.7 Å². The van der Waals surface area contributed by atoms with Crippen LogP contribution in [0.2, 0.25) is 0 Å². The fourth-order valence-corrected chi connectivity index (χ4v) is 3.84. The van der Waals surface area contributed by atoms with Crippen molar-refractivity contribution in [2.75, 3.05) is 0 Å². The Balaban J connectivity index is 3.66. The minimum absolute atomic E-state index is 0.143. The van der Waals surface area contributed by atoms with Crippen molar-refractivity contribution in [3.63, 3.8) is 0 Å². The molecule has 0 fully saturated rings. The molecule has 0 saturated carbocycles. The van der Waals surface area contributed by atoms with E-state index in [0.29, 0.717) is 11.1 Å². The summed E-state index contributed by atoms with van der Waals surface area (Å²) in [5.74, 6) is 0.658. The molecule has 3 nitrogen and oxygen atoms in total. The summed E-state index contributed by atoms with van der Waals surface area (Å²) in [4.78, 5) is 29.5. The molecule has 0 bridgehead atoms. The number of benzene rings is 1. The smallest absolute Gasteiger partial charge is 0.386 e. The van der Waals surface area contributed by atoms with Gasteiger partial charge in [0.2, 0.25) is 0 Å². The third-order valence-electron chi connectivity index (χ3n) is 3.47. The lowest BCUT2D eigenvalue weighted by atomic mass is 9.89. The van der Waals surface area contributed by atoms with Crippen LogP contribution in [0.15, 0.2) is 12.1 Å². The third-order valence-corrected chi connectivity index (χ3v) is 4.72. The molecule has 0 spiro atoms. The second-order valence-electron chi connectivity index (χ2n) is 6.17. The van der Waals surface area contributed by atoms with Gasteiger partial charge in [-0.3, -0.25) is 0 Å². The standard InChI is InChI=1S/C15H26O3Si/c1-9(2)12-7-13(10(3)4)15(19(16,17)18)14(8-12)11(5)6/h7-11,16-18H,1-6H3. The minimum atomic E-state index is -4.31. The first-order chi connectivity index (χ1) is 8.55. The Morgan fingerprint density at radius 2 is 1.11 bits per heavy atom. The Bertz CT molecular complexity index is 416. The van der Waals surface area contributed by atoms with Gasteiger partial charge >= 0.3 is 8.80 Å². The molecule has 1 aromatic rings. The SMILES string of the molecule is CC(C)c1cc(C(C)C)c([Si](O)(O)O)c(C(C)C)c1. The van der Waals surface area contributed by atoms with Crippen molar-refractivity contribution in [2.45, 2.75) is 59.3 Å². The molecule has 19 heavy (non-hydrogen) atoms. The predicted molar refractivity (Wildman–Crippen MR) is 80.8 cm³/mol. The quantitative estimate of drug-likeness (QED) is 0.742. The minimum Gasteiger partial charge on any atom is -0.386 e. The molecule has 0 unspecified atom stereocenters. The summed E-state index contributed by atoms with van der Waals surface area (Å²) in [5.41, 5.74) is 2.89. The molecular formula is C15H26O3Si. The summed E-state index contributed by atoms with van der Waals surface area (Å²) in [6.45, 7) is 12.3. The van der Waals surface area contributed by atoms with Crippen LogP contribution in [0.5, 0.6) is 0 Å². The van der Waals surface area contributed by atoms with Gasteiger partial charge in [-0.05, 0) is 34.4 Å². The first-order valence-corrected chi connectivity index (χ1v) is 8.75. The van der Waals surface area contributed by atoms with E-state index in [1.807, 2.05) is 39.8 Å². The van der Waals surface area contributed by atoms with Gasteiger partial charge in [-0.25, -0.2) is 0 Å². The molecule has 0 heterocycles. The van der Waals surface area contributed by atoms with E-state index in [2.05, 4.69) is 13.8 Å². The molecule has 0 aromatic heterocycles. The molecule has 0 radical (unpaired) electrons. The Hall–Kier alpha value is -0.683. The van der Waals surface area contributed by atoms with Gasteiger partial charge in [0.15, 0.2) is 0 Å². The molecule has 4 heteroatoms. The summed E-state index contributed by atoms with van der Waals surface area (Å²) in [5, 5.41) is 0.377. The first-order valence-electron chi connectivity index (χ1n) is 6.91. The zero-order chi connectivity index (χ0) is 15.0. The highest BCUT2D eigenvalue weighted by atomic mass is 28.4. The lowest BCUT2D eigenvalue weighted by Crippen LogP contribution is -2.52. The van der Waals surface area contributed by atoms with Crippen LogP contribution in [-0.4, -0.2) is 23.2 Å². The van der Waals surface area contributed by atoms with Crippen LogP contribution in [0.1, 0.15) is 76.0 Å². The van der Waals surface area contributed by atoms with Gasteiger partial charge in [0, 0.05) is 5.19 Å². The summed E-state index contributed by atoms with van der Waals surface area (Å²) >= 11 is 0. The van der Waals surface area contributed by atoms with Crippen molar-refractivity contribution in [1.29, 1.82) is 0 Å². The predicted octanol–water partition coefficient (Wildman–Crippen LogP) is 2.18. The monoisotopic (exact) mass is 282 g/mol. The molecule has 0 atom stereocenters. The van der Waals surface area contributed by atoms with Gasteiger partial charge < -0.3 is 14.4 Å². The maximum Gasteiger partial charge on any atom is 0.529 e. The molecule has 0 aliphatic rings. The number of rotatable bonds is 4. The van der Waals surface area contributed by atoms with Crippen molar-refractivity contribution >= 4 is 14.0 Å². The van der Waals surface area contributed by atoms with E-state index in [4.69, 9.17) is 0 Å². The topological polar surface area (TPSA) is 60.7 Å². The third kappa shape index (κ3) is 3.66. The maximum absolute atomic E-state index is 9.83. The summed E-state index contributed by atoms with van der Waals surface area (Å²) < 4.78 is 0. The van der Waals surface area contributed by atoms with Crippen molar-refractivity contribution in [3.05, 3.63) is 28.8 Å². The van der Waals surface area contributed by atoms with Crippen LogP contribution in [0.4, 0.5) is 0 Å². The van der Waals surface area contributed by atoms with E-state index < -0.39 is 8.80 Å². The van der Waals surface area contributed by atoms with Crippen molar-refractivity contribution < 1.29 is 14.4 Å². The highest BCUT2D eigenvalue weighted by Gasteiger charge is 2.37. The number of hydrogen-bond donors (Lipinski definition) is 3. The van der Waals surface area contributed by atoms with Gasteiger partial charge in [0.25, 0.3) is 0 Å². The van der Waals surface area contributed by atoms with Crippen LogP contribution in [0.3, 0.4) is 0 Å². The average Bonchev–Trinajstić information content (AvgIpc) is 2.25. The average molecular weight is 282 g/mol. The van der Waals surface area contributed by atoms with E-state index in [9.17, 15) is 14.4 Å². The Labute approximate surface area is 117 Å². The lowest BCUT2D eigenvalue weighted by molar-refractivity contribution is 0.248. The fourth-order valence-electron chi connectivity index (χ4n) is 2.34. The van der Waals surface area contributed by atoms with Gasteiger partial charge in [0.1, 0.15) is 0 Å². The molecule has 1 aromatic carbocycles. The molecule has 0 aliphatic heterocycles. The van der Waals surface area contributed by atoms with Gasteiger partial charge in [-0.15, -0.1) is 0 Å². The Morgan fingerprint density at radius 1 is 0.737 bits per heavy atom. The van der Waals surface area contributed by atoms with Crippen molar-refractivity contribution in [2.24, 2.45) is 0 Å². The van der Waals surface area contributed by atoms with Crippen LogP contribution < -0.4 is 5.19 Å². The molecule has 1 rings (SSSR count). The summed E-state index contributed by atoms with van der Waals surface area (Å²) in [7, 11) is -4.31. The van der Waals surface area contributed by atoms with E-state index in [1.165, 1.54) is 5.56 Å². The zero-order valence-electron chi connectivity index (χ0n) is 12.7. The van der Waals surface area contributed by atoms with E-state index in [1.54, 1.807) is 0 Å². The molecule has 0 aliphatic carbocycles. The highest BCUT2D eigenvalue weighted by molar-refractivity contribution is 6.72. The van der Waals surface area contributed by atoms with Crippen LogP contribution in [-0.2, 0) is 0 Å². The number of hydrogen-bond acceptors (Lipinski definition) is 3. The normalized spacial score (nSPS) is 12.8. The summed E-state index contributed by atoms with van der Waals surface area (Å²) in [6.07, 6.45) is 0. The zero-order valence-corrected chi connectivity index (χ0v) is 13.7. The molecule has 3 N–H and O–H groups in total. The van der Waals surface area contributed by atoms with Crippen LogP contribution >= 0.6 is 0 Å². The van der Waals surface area contributed by atoms with E-state index in [-0.39, 0.29) is 11.8 Å². The van der Waals surface area contributed by atoms with Crippen LogP contribution in [0.25, 0.3) is 0 Å². The second-order valence-corrected chi connectivity index (χ2v) is 7.94. The molecule has 0 saturated heterocycles. The largest absolute Gasteiger partial charge is 0.529 e. The Kier molecular flexibility index (Phi) is 4.95. The van der Waals surface area contributed by atoms with Crippen LogP contribution in [0, 0.1) is 0 Å². The summed E-state index contributed by atoms with van der Waals surface area (Å²) in [6, 6.07) is 4.00.